The quantitative estimate of drug-likeness (QED) is 0.474. The van der Waals surface area contributed by atoms with Gasteiger partial charge in [-0.25, -0.2) is 15.0 Å². The molecule has 3 heterocycles. The van der Waals surface area contributed by atoms with Crippen molar-refractivity contribution in [3.8, 4) is 0 Å². The minimum Gasteiger partial charge on any atom is -0.790 e. The molecule has 1 aliphatic heterocycles. The molecule has 0 saturated carbocycles. The fourth-order valence-corrected chi connectivity index (χ4v) is 2.81. The molecular formula is C11H14N5O7P-2. The van der Waals surface area contributed by atoms with Crippen molar-refractivity contribution in [1.29, 1.82) is 0 Å². The van der Waals surface area contributed by atoms with E-state index in [1.54, 1.807) is 7.05 Å². The van der Waals surface area contributed by atoms with Crippen LogP contribution in [0.2, 0.25) is 0 Å². The Balaban J connectivity index is 1.86. The maximum absolute atomic E-state index is 10.5. The highest BCUT2D eigenvalue weighted by molar-refractivity contribution is 7.43. The van der Waals surface area contributed by atoms with Gasteiger partial charge in [-0.05, 0) is 0 Å². The highest BCUT2D eigenvalue weighted by Crippen LogP contribution is 2.34. The van der Waals surface area contributed by atoms with Crippen LogP contribution in [0.4, 0.5) is 5.82 Å². The first kappa shape index (κ1) is 17.2. The van der Waals surface area contributed by atoms with Crippen LogP contribution in [0.1, 0.15) is 6.23 Å². The van der Waals surface area contributed by atoms with E-state index in [1.165, 1.54) is 17.2 Å². The number of aliphatic hydroxyl groups excluding tert-OH is 2. The van der Waals surface area contributed by atoms with E-state index in [0.29, 0.717) is 17.0 Å². The molecule has 0 spiro atoms. The highest BCUT2D eigenvalue weighted by Gasteiger charge is 2.44. The predicted octanol–water partition coefficient (Wildman–Crippen LogP) is -2.67. The fourth-order valence-electron chi connectivity index (χ4n) is 2.48. The van der Waals surface area contributed by atoms with Crippen LogP contribution in [-0.4, -0.2) is 61.7 Å². The average molecular weight is 359 g/mol. The van der Waals surface area contributed by atoms with Gasteiger partial charge in [0, 0.05) is 7.05 Å². The number of aliphatic hydroxyl groups is 2. The molecule has 0 aromatic carbocycles. The Morgan fingerprint density at radius 2 is 2.12 bits per heavy atom. The zero-order valence-electron chi connectivity index (χ0n) is 12.3. The van der Waals surface area contributed by atoms with Crippen LogP contribution in [0.15, 0.2) is 12.7 Å². The molecule has 3 rings (SSSR count). The second kappa shape index (κ2) is 6.33. The number of nitrogens with one attached hydrogen (secondary N) is 1. The first-order chi connectivity index (χ1) is 11.3. The summed E-state index contributed by atoms with van der Waals surface area (Å²) in [4.78, 5) is 33.3. The molecule has 13 heteroatoms. The maximum Gasteiger partial charge on any atom is 0.167 e. The van der Waals surface area contributed by atoms with Gasteiger partial charge in [-0.2, -0.15) is 0 Å². The minimum absolute atomic E-state index is 0.338. The molecule has 132 valence electrons. The van der Waals surface area contributed by atoms with Crippen LogP contribution in [0, 0.1) is 0 Å². The van der Waals surface area contributed by atoms with Crippen molar-refractivity contribution < 1.29 is 33.8 Å². The molecule has 3 N–H and O–H groups in total. The largest absolute Gasteiger partial charge is 0.790 e. The molecular weight excluding hydrogens is 345 g/mol. The first-order valence-electron chi connectivity index (χ1n) is 6.85. The standard InChI is InChI=1S/C11H16N5O7P/c1-12-9-6-10(14-3-13-9)16(4-15-6)11-8(18)7(17)5(23-11)2-22-24(19,20)21/h3-5,7-8,11,17-18H,2H2,1H3,(H,12,13,14)(H2,19,20,21)/p-2/t5-,7-,8-,11-/m1/s1. The Morgan fingerprint density at radius 3 is 2.79 bits per heavy atom. The van der Waals surface area contributed by atoms with Crippen LogP contribution < -0.4 is 15.1 Å². The summed E-state index contributed by atoms with van der Waals surface area (Å²) < 4.78 is 21.5. The molecule has 0 bridgehead atoms. The third kappa shape index (κ3) is 3.13. The Kier molecular flexibility index (Phi) is 4.53. The summed E-state index contributed by atoms with van der Waals surface area (Å²) in [6.07, 6.45) is -2.52. The van der Waals surface area contributed by atoms with Crippen molar-refractivity contribution in [2.75, 3.05) is 19.0 Å². The average Bonchev–Trinajstić information content (AvgIpc) is 3.07. The van der Waals surface area contributed by atoms with Gasteiger partial charge in [0.2, 0.25) is 0 Å². The summed E-state index contributed by atoms with van der Waals surface area (Å²) in [5.74, 6) is 0.463. The molecule has 24 heavy (non-hydrogen) atoms. The number of phosphoric acid groups is 1. The summed E-state index contributed by atoms with van der Waals surface area (Å²) in [6, 6.07) is 0. The number of rotatable bonds is 5. The zero-order valence-corrected chi connectivity index (χ0v) is 13.2. The molecule has 12 nitrogen and oxygen atoms in total. The van der Waals surface area contributed by atoms with Gasteiger partial charge in [0.1, 0.15) is 30.2 Å². The van der Waals surface area contributed by atoms with E-state index < -0.39 is 39.0 Å². The van der Waals surface area contributed by atoms with E-state index in [-0.39, 0.29) is 0 Å². The topological polar surface area (TPSA) is 178 Å². The van der Waals surface area contributed by atoms with E-state index in [4.69, 9.17) is 4.74 Å². The van der Waals surface area contributed by atoms with Gasteiger partial charge in [0.15, 0.2) is 17.7 Å². The van der Waals surface area contributed by atoms with E-state index in [1.807, 2.05) is 0 Å². The smallest absolute Gasteiger partial charge is 0.167 e. The van der Waals surface area contributed by atoms with Crippen molar-refractivity contribution in [3.05, 3.63) is 12.7 Å². The van der Waals surface area contributed by atoms with Crippen molar-refractivity contribution in [2.24, 2.45) is 0 Å². The molecule has 0 amide bonds. The highest BCUT2D eigenvalue weighted by atomic mass is 31.2. The van der Waals surface area contributed by atoms with Crippen molar-refractivity contribution in [2.45, 2.75) is 24.5 Å². The lowest BCUT2D eigenvalue weighted by Crippen LogP contribution is -2.34. The number of aromatic nitrogens is 4. The maximum atomic E-state index is 10.5. The van der Waals surface area contributed by atoms with Crippen LogP contribution in [0.5, 0.6) is 0 Å². The van der Waals surface area contributed by atoms with Gasteiger partial charge >= 0.3 is 0 Å². The first-order valence-corrected chi connectivity index (χ1v) is 8.31. The van der Waals surface area contributed by atoms with Crippen LogP contribution in [-0.2, 0) is 13.8 Å². The van der Waals surface area contributed by atoms with Crippen molar-refractivity contribution >= 4 is 24.8 Å². The summed E-state index contributed by atoms with van der Waals surface area (Å²) in [7, 11) is -3.56. The van der Waals surface area contributed by atoms with Gasteiger partial charge in [0.05, 0.1) is 20.8 Å². The van der Waals surface area contributed by atoms with Crippen molar-refractivity contribution in [1.82, 2.24) is 19.5 Å². The second-order valence-corrected chi connectivity index (χ2v) is 6.24. The Bertz CT molecular complexity index is 779. The molecule has 1 aliphatic rings. The third-order valence-corrected chi connectivity index (χ3v) is 4.07. The lowest BCUT2D eigenvalue weighted by atomic mass is 10.1. The monoisotopic (exact) mass is 359 g/mol. The minimum atomic E-state index is -5.21. The third-order valence-electron chi connectivity index (χ3n) is 3.60. The van der Waals surface area contributed by atoms with Gasteiger partial charge in [-0.1, -0.05) is 0 Å². The number of imidazole rings is 1. The van der Waals surface area contributed by atoms with E-state index in [2.05, 4.69) is 24.8 Å². The Morgan fingerprint density at radius 1 is 1.38 bits per heavy atom. The number of hydrogen-bond acceptors (Lipinski definition) is 11. The van der Waals surface area contributed by atoms with Crippen LogP contribution in [0.3, 0.4) is 0 Å². The van der Waals surface area contributed by atoms with E-state index in [9.17, 15) is 24.6 Å². The number of fused-ring (bicyclic) bond motifs is 1. The molecule has 1 fully saturated rings. The van der Waals surface area contributed by atoms with Gasteiger partial charge in [-0.3, -0.25) is 4.57 Å². The Labute approximate surface area is 135 Å². The number of phosphoric ester groups is 1. The normalized spacial score (nSPS) is 27.7. The van der Waals surface area contributed by atoms with Gasteiger partial charge in [0.25, 0.3) is 0 Å². The number of anilines is 1. The van der Waals surface area contributed by atoms with Gasteiger partial charge in [-0.15, -0.1) is 0 Å². The lowest BCUT2D eigenvalue weighted by Gasteiger charge is -2.30. The van der Waals surface area contributed by atoms with E-state index in [0.717, 1.165) is 0 Å². The Hall–Kier alpha value is -1.66. The number of nitrogens with zero attached hydrogens (tertiary/aromatic N) is 4. The molecule has 0 aliphatic carbocycles. The predicted molar refractivity (Wildman–Crippen MR) is 74.4 cm³/mol. The molecule has 0 unspecified atom stereocenters. The molecule has 4 atom stereocenters. The molecule has 0 radical (unpaired) electrons. The number of ether oxygens (including phenoxy) is 1. The summed E-state index contributed by atoms with van der Waals surface area (Å²) >= 11 is 0. The van der Waals surface area contributed by atoms with Crippen molar-refractivity contribution in [3.63, 3.8) is 0 Å². The number of hydrogen-bond donors (Lipinski definition) is 3. The summed E-state index contributed by atoms with van der Waals surface area (Å²) in [6.45, 7) is -0.706. The molecule has 2 aromatic rings. The van der Waals surface area contributed by atoms with E-state index >= 15 is 0 Å². The lowest BCUT2D eigenvalue weighted by molar-refractivity contribution is -0.343. The summed E-state index contributed by atoms with van der Waals surface area (Å²) in [5, 5.41) is 23.0. The SMILES string of the molecule is CNc1ncnc2c1ncn2[C@@H]1O[C@H](COP(=O)([O-])[O-])[C@@H](O)[C@H]1O. The fraction of sp³-hybridized carbons (Fsp3) is 0.545. The molecule has 2 aromatic heterocycles. The second-order valence-electron chi connectivity index (χ2n) is 5.09. The summed E-state index contributed by atoms with van der Waals surface area (Å²) in [5.41, 5.74) is 0.763. The van der Waals surface area contributed by atoms with Gasteiger partial charge < -0.3 is 39.1 Å². The zero-order chi connectivity index (χ0) is 17.5. The van der Waals surface area contributed by atoms with Crippen LogP contribution in [0.25, 0.3) is 11.2 Å². The van der Waals surface area contributed by atoms with Crippen LogP contribution >= 0.6 is 7.82 Å². The molecule has 1 saturated heterocycles.